The molecule has 1 fully saturated rings. The summed E-state index contributed by atoms with van der Waals surface area (Å²) in [6, 6.07) is -0.766. The van der Waals surface area contributed by atoms with Gasteiger partial charge in [0.25, 0.3) is 0 Å². The first-order chi connectivity index (χ1) is 8.90. The van der Waals surface area contributed by atoms with Crippen LogP contribution in [-0.2, 0) is 9.53 Å². The molecule has 0 aromatic rings. The number of carboxylic acid groups (broad SMARTS) is 1. The van der Waals surface area contributed by atoms with Gasteiger partial charge in [-0.3, -0.25) is 4.79 Å². The number of carbonyl (C=O) groups excluding carboxylic acids is 1. The first kappa shape index (κ1) is 15.8. The summed E-state index contributed by atoms with van der Waals surface area (Å²) in [5.41, 5.74) is 0. The number of carboxylic acids is 1. The summed E-state index contributed by atoms with van der Waals surface area (Å²) in [4.78, 5) is 22.6. The molecule has 1 heterocycles. The van der Waals surface area contributed by atoms with Crippen molar-refractivity contribution in [3.63, 3.8) is 0 Å². The summed E-state index contributed by atoms with van der Waals surface area (Å²) >= 11 is 0. The largest absolute Gasteiger partial charge is 0.481 e. The molecule has 3 atom stereocenters. The van der Waals surface area contributed by atoms with Gasteiger partial charge in [0.2, 0.25) is 0 Å². The Hall–Kier alpha value is -1.30. The molecule has 1 aliphatic heterocycles. The molecule has 0 aromatic carbocycles. The van der Waals surface area contributed by atoms with Crippen molar-refractivity contribution in [2.45, 2.75) is 58.2 Å². The smallest absolute Gasteiger partial charge is 0.315 e. The fourth-order valence-electron chi connectivity index (χ4n) is 2.15. The average Bonchev–Trinajstić information content (AvgIpc) is 2.80. The summed E-state index contributed by atoms with van der Waals surface area (Å²) in [5, 5.41) is 14.3. The van der Waals surface area contributed by atoms with Crippen molar-refractivity contribution in [1.82, 2.24) is 10.6 Å². The topological polar surface area (TPSA) is 87.7 Å². The number of rotatable bonds is 6. The summed E-state index contributed by atoms with van der Waals surface area (Å²) < 4.78 is 5.50. The maximum atomic E-state index is 11.8. The van der Waals surface area contributed by atoms with Gasteiger partial charge >= 0.3 is 12.0 Å². The van der Waals surface area contributed by atoms with Crippen LogP contribution in [0.1, 0.15) is 40.0 Å². The maximum absolute atomic E-state index is 11.8. The van der Waals surface area contributed by atoms with Crippen molar-refractivity contribution in [2.24, 2.45) is 5.92 Å². The number of hydrogen-bond donors (Lipinski definition) is 3. The molecule has 19 heavy (non-hydrogen) atoms. The maximum Gasteiger partial charge on any atom is 0.315 e. The van der Waals surface area contributed by atoms with Gasteiger partial charge in [0.05, 0.1) is 18.6 Å². The molecule has 3 unspecified atom stereocenters. The number of hydrogen-bond acceptors (Lipinski definition) is 3. The van der Waals surface area contributed by atoms with Crippen LogP contribution in [0.4, 0.5) is 4.79 Å². The summed E-state index contributed by atoms with van der Waals surface area (Å²) in [7, 11) is 0. The number of nitrogens with one attached hydrogen (secondary N) is 2. The van der Waals surface area contributed by atoms with Crippen LogP contribution >= 0.6 is 0 Å². The van der Waals surface area contributed by atoms with Gasteiger partial charge < -0.3 is 20.5 Å². The molecule has 110 valence electrons. The number of urea groups is 1. The van der Waals surface area contributed by atoms with E-state index in [9.17, 15) is 9.59 Å². The molecule has 0 saturated carbocycles. The second-order valence-corrected chi connectivity index (χ2v) is 5.41. The predicted octanol–water partition coefficient (Wildman–Crippen LogP) is 1.35. The minimum Gasteiger partial charge on any atom is -0.481 e. The Balaban J connectivity index is 2.40. The van der Waals surface area contributed by atoms with Crippen LogP contribution in [0.5, 0.6) is 0 Å². The van der Waals surface area contributed by atoms with Gasteiger partial charge in [-0.2, -0.15) is 0 Å². The summed E-state index contributed by atoms with van der Waals surface area (Å²) in [6.07, 6.45) is 1.96. The Morgan fingerprint density at radius 1 is 1.32 bits per heavy atom. The highest BCUT2D eigenvalue weighted by Crippen LogP contribution is 2.15. The van der Waals surface area contributed by atoms with E-state index in [0.717, 1.165) is 19.4 Å². The Labute approximate surface area is 113 Å². The van der Waals surface area contributed by atoms with Gasteiger partial charge in [0.15, 0.2) is 0 Å². The standard InChI is InChI=1S/C13H24N2O4/c1-8(2)10(7-12(16)17)15-13(18)14-9(3)11-5-4-6-19-11/h8-11H,4-7H2,1-3H3,(H,16,17)(H2,14,15,18). The van der Waals surface area contributed by atoms with Gasteiger partial charge in [0.1, 0.15) is 0 Å². The van der Waals surface area contributed by atoms with Crippen molar-refractivity contribution >= 4 is 12.0 Å². The third-order valence-electron chi connectivity index (χ3n) is 3.40. The first-order valence-corrected chi connectivity index (χ1v) is 6.80. The fourth-order valence-corrected chi connectivity index (χ4v) is 2.15. The van der Waals surface area contributed by atoms with Crippen molar-refractivity contribution in [3.8, 4) is 0 Å². The number of ether oxygens (including phenoxy) is 1. The van der Waals surface area contributed by atoms with E-state index in [1.54, 1.807) is 0 Å². The summed E-state index contributed by atoms with van der Waals surface area (Å²) in [5.74, 6) is -0.842. The zero-order valence-corrected chi connectivity index (χ0v) is 11.8. The lowest BCUT2D eigenvalue weighted by Crippen LogP contribution is -2.50. The lowest BCUT2D eigenvalue weighted by atomic mass is 10.0. The minimum atomic E-state index is -0.911. The quantitative estimate of drug-likeness (QED) is 0.681. The molecule has 1 saturated heterocycles. The van der Waals surface area contributed by atoms with E-state index < -0.39 is 5.97 Å². The number of carbonyl (C=O) groups is 2. The lowest BCUT2D eigenvalue weighted by molar-refractivity contribution is -0.137. The normalized spacial score (nSPS) is 22.0. The molecule has 3 N–H and O–H groups in total. The van der Waals surface area contributed by atoms with Gasteiger partial charge in [-0.25, -0.2) is 4.79 Å². The zero-order chi connectivity index (χ0) is 14.4. The third kappa shape index (κ3) is 5.46. The highest BCUT2D eigenvalue weighted by Gasteiger charge is 2.25. The Bertz CT molecular complexity index is 314. The highest BCUT2D eigenvalue weighted by molar-refractivity contribution is 5.76. The molecule has 2 amide bonds. The molecule has 0 spiro atoms. The van der Waals surface area contributed by atoms with Crippen LogP contribution in [-0.4, -0.2) is 41.9 Å². The van der Waals surface area contributed by atoms with Crippen LogP contribution in [0.2, 0.25) is 0 Å². The Kier molecular flexibility index (Phi) is 6.08. The first-order valence-electron chi connectivity index (χ1n) is 6.80. The van der Waals surface area contributed by atoms with E-state index in [0.29, 0.717) is 0 Å². The van der Waals surface area contributed by atoms with Crippen LogP contribution in [0.15, 0.2) is 0 Å². The van der Waals surface area contributed by atoms with Gasteiger partial charge in [-0.1, -0.05) is 13.8 Å². The zero-order valence-electron chi connectivity index (χ0n) is 11.8. The summed E-state index contributed by atoms with van der Waals surface area (Å²) in [6.45, 7) is 6.41. The molecular weight excluding hydrogens is 248 g/mol. The van der Waals surface area contributed by atoms with Crippen molar-refractivity contribution < 1.29 is 19.4 Å². The predicted molar refractivity (Wildman–Crippen MR) is 71.0 cm³/mol. The van der Waals surface area contributed by atoms with E-state index in [1.165, 1.54) is 0 Å². The second kappa shape index (κ2) is 7.33. The highest BCUT2D eigenvalue weighted by atomic mass is 16.5. The van der Waals surface area contributed by atoms with E-state index in [2.05, 4.69) is 10.6 Å². The van der Waals surface area contributed by atoms with Crippen molar-refractivity contribution in [3.05, 3.63) is 0 Å². The Morgan fingerprint density at radius 3 is 2.47 bits per heavy atom. The van der Waals surface area contributed by atoms with E-state index in [-0.39, 0.29) is 36.6 Å². The van der Waals surface area contributed by atoms with E-state index in [4.69, 9.17) is 9.84 Å². The molecule has 1 rings (SSSR count). The van der Waals surface area contributed by atoms with E-state index in [1.807, 2.05) is 20.8 Å². The molecule has 6 nitrogen and oxygen atoms in total. The molecular formula is C13H24N2O4. The van der Waals surface area contributed by atoms with Crippen molar-refractivity contribution in [2.75, 3.05) is 6.61 Å². The number of amides is 2. The van der Waals surface area contributed by atoms with Crippen LogP contribution in [0.25, 0.3) is 0 Å². The van der Waals surface area contributed by atoms with E-state index >= 15 is 0 Å². The average molecular weight is 272 g/mol. The second-order valence-electron chi connectivity index (χ2n) is 5.41. The molecule has 1 aliphatic rings. The minimum absolute atomic E-state index is 0.0581. The third-order valence-corrected chi connectivity index (χ3v) is 3.40. The molecule has 0 bridgehead atoms. The molecule has 6 heteroatoms. The van der Waals surface area contributed by atoms with Gasteiger partial charge in [-0.15, -0.1) is 0 Å². The van der Waals surface area contributed by atoms with Gasteiger partial charge in [0, 0.05) is 12.6 Å². The lowest BCUT2D eigenvalue weighted by Gasteiger charge is -2.24. The van der Waals surface area contributed by atoms with Gasteiger partial charge in [-0.05, 0) is 25.7 Å². The van der Waals surface area contributed by atoms with Crippen LogP contribution < -0.4 is 10.6 Å². The van der Waals surface area contributed by atoms with Crippen molar-refractivity contribution in [1.29, 1.82) is 0 Å². The number of aliphatic carboxylic acids is 1. The molecule has 0 aromatic heterocycles. The van der Waals surface area contributed by atoms with Crippen LogP contribution in [0, 0.1) is 5.92 Å². The van der Waals surface area contributed by atoms with Crippen LogP contribution in [0.3, 0.4) is 0 Å². The Morgan fingerprint density at radius 2 is 2.00 bits per heavy atom. The molecule has 0 aliphatic carbocycles. The molecule has 0 radical (unpaired) electrons. The monoisotopic (exact) mass is 272 g/mol. The SMILES string of the molecule is CC(C)C(CC(=O)O)NC(=O)NC(C)C1CCCO1. The fraction of sp³-hybridized carbons (Fsp3) is 0.846.